The average molecular weight is 376 g/mol. The summed E-state index contributed by atoms with van der Waals surface area (Å²) in [6.07, 6.45) is -4.60. The number of anilines is 2. The van der Waals surface area contributed by atoms with Gasteiger partial charge in [0, 0.05) is 26.2 Å². The molecule has 27 heavy (non-hydrogen) atoms. The van der Waals surface area contributed by atoms with Gasteiger partial charge in [-0.3, -0.25) is 0 Å². The van der Waals surface area contributed by atoms with Gasteiger partial charge < -0.3 is 9.80 Å². The molecule has 0 saturated carbocycles. The zero-order valence-electron chi connectivity index (χ0n) is 14.2. The Hall–Kier alpha value is -2.90. The van der Waals surface area contributed by atoms with Gasteiger partial charge >= 0.3 is 6.18 Å². The zero-order chi connectivity index (χ0) is 19.0. The van der Waals surface area contributed by atoms with Gasteiger partial charge in [-0.15, -0.1) is 0 Å². The van der Waals surface area contributed by atoms with Gasteiger partial charge in [0.25, 0.3) is 0 Å². The van der Waals surface area contributed by atoms with Crippen molar-refractivity contribution >= 4 is 22.5 Å². The van der Waals surface area contributed by atoms with E-state index in [0.29, 0.717) is 37.4 Å². The quantitative estimate of drug-likeness (QED) is 0.630. The molecule has 2 heterocycles. The molecule has 1 saturated heterocycles. The summed E-state index contributed by atoms with van der Waals surface area (Å²) in [4.78, 5) is 11.4. The van der Waals surface area contributed by atoms with E-state index in [0.717, 1.165) is 0 Å². The Morgan fingerprint density at radius 3 is 1.93 bits per heavy atom. The maximum absolute atomic E-state index is 14.0. The fraction of sp³-hybridized carbons (Fsp3) is 0.263. The molecule has 1 aliphatic rings. The highest BCUT2D eigenvalue weighted by Crippen LogP contribution is 2.36. The smallest absolute Gasteiger partial charge is 0.366 e. The van der Waals surface area contributed by atoms with Crippen LogP contribution in [0.15, 0.2) is 48.5 Å². The number of benzene rings is 2. The van der Waals surface area contributed by atoms with Crippen molar-refractivity contribution in [2.45, 2.75) is 6.18 Å². The predicted molar refractivity (Wildman–Crippen MR) is 95.4 cm³/mol. The second-order valence-corrected chi connectivity index (χ2v) is 6.31. The first-order chi connectivity index (χ1) is 12.9. The van der Waals surface area contributed by atoms with Crippen LogP contribution in [-0.2, 0) is 6.18 Å². The van der Waals surface area contributed by atoms with E-state index in [4.69, 9.17) is 0 Å². The number of piperazine rings is 1. The molecular weight excluding hydrogens is 360 g/mol. The van der Waals surface area contributed by atoms with E-state index in [-0.39, 0.29) is 17.2 Å². The van der Waals surface area contributed by atoms with Crippen LogP contribution >= 0.6 is 0 Å². The SMILES string of the molecule is Fc1ccccc1N1CCN(c2nc3ccccc3nc2C(F)(F)F)CC1. The van der Waals surface area contributed by atoms with Gasteiger partial charge in [-0.05, 0) is 24.3 Å². The van der Waals surface area contributed by atoms with Crippen molar-refractivity contribution in [2.75, 3.05) is 36.0 Å². The molecule has 1 fully saturated rings. The van der Waals surface area contributed by atoms with Crippen LogP contribution in [0.25, 0.3) is 11.0 Å². The largest absolute Gasteiger partial charge is 0.437 e. The van der Waals surface area contributed by atoms with Crippen molar-refractivity contribution in [1.82, 2.24) is 9.97 Å². The van der Waals surface area contributed by atoms with E-state index >= 15 is 0 Å². The molecule has 1 aliphatic heterocycles. The summed E-state index contributed by atoms with van der Waals surface area (Å²) in [7, 11) is 0. The van der Waals surface area contributed by atoms with Crippen LogP contribution in [0.5, 0.6) is 0 Å². The molecule has 1 aromatic heterocycles. The number of alkyl halides is 3. The predicted octanol–water partition coefficient (Wildman–Crippen LogP) is 4.11. The third kappa shape index (κ3) is 3.39. The van der Waals surface area contributed by atoms with Gasteiger partial charge in [0.1, 0.15) is 5.82 Å². The van der Waals surface area contributed by atoms with Gasteiger partial charge in [0.2, 0.25) is 0 Å². The minimum atomic E-state index is -4.60. The maximum atomic E-state index is 14.0. The molecule has 0 radical (unpaired) electrons. The molecule has 140 valence electrons. The Labute approximate surface area is 153 Å². The topological polar surface area (TPSA) is 32.3 Å². The fourth-order valence-corrected chi connectivity index (χ4v) is 3.27. The van der Waals surface area contributed by atoms with Crippen molar-refractivity contribution in [3.8, 4) is 0 Å². The highest BCUT2D eigenvalue weighted by molar-refractivity contribution is 5.76. The summed E-state index contributed by atoms with van der Waals surface area (Å²) in [5, 5.41) is 0. The van der Waals surface area contributed by atoms with E-state index < -0.39 is 11.9 Å². The third-order valence-corrected chi connectivity index (χ3v) is 4.59. The van der Waals surface area contributed by atoms with Gasteiger partial charge in [0.05, 0.1) is 16.7 Å². The third-order valence-electron chi connectivity index (χ3n) is 4.59. The van der Waals surface area contributed by atoms with Crippen molar-refractivity contribution in [1.29, 1.82) is 0 Å². The molecule has 0 atom stereocenters. The van der Waals surface area contributed by atoms with E-state index in [9.17, 15) is 17.6 Å². The van der Waals surface area contributed by atoms with Crippen LogP contribution in [0.3, 0.4) is 0 Å². The summed E-state index contributed by atoms with van der Waals surface area (Å²) in [5.41, 5.74) is 0.0916. The normalized spacial score (nSPS) is 15.4. The maximum Gasteiger partial charge on any atom is 0.437 e. The minimum Gasteiger partial charge on any atom is -0.366 e. The molecule has 4 nitrogen and oxygen atoms in total. The Morgan fingerprint density at radius 1 is 0.741 bits per heavy atom. The number of fused-ring (bicyclic) bond motifs is 1. The van der Waals surface area contributed by atoms with Gasteiger partial charge in [-0.2, -0.15) is 13.2 Å². The van der Waals surface area contributed by atoms with Crippen LogP contribution in [0, 0.1) is 5.82 Å². The lowest BCUT2D eigenvalue weighted by atomic mass is 10.2. The second-order valence-electron chi connectivity index (χ2n) is 6.31. The number of hydrogen-bond acceptors (Lipinski definition) is 4. The molecule has 0 spiro atoms. The van der Waals surface area contributed by atoms with E-state index in [1.807, 2.05) is 4.90 Å². The van der Waals surface area contributed by atoms with Crippen molar-refractivity contribution < 1.29 is 17.6 Å². The van der Waals surface area contributed by atoms with E-state index in [2.05, 4.69) is 9.97 Å². The summed E-state index contributed by atoms with van der Waals surface area (Å²) in [5.74, 6) is -0.512. The highest BCUT2D eigenvalue weighted by atomic mass is 19.4. The molecule has 2 aromatic carbocycles. The fourth-order valence-electron chi connectivity index (χ4n) is 3.27. The Bertz CT molecular complexity index is 965. The standard InChI is InChI=1S/C19H16F4N4/c20-13-5-1-4-8-16(13)26-9-11-27(12-10-26)18-17(19(21,22)23)24-14-6-2-3-7-15(14)25-18/h1-8H,9-12H2. The number of aromatic nitrogens is 2. The number of nitrogens with zero attached hydrogens (tertiary/aromatic N) is 4. The Balaban J connectivity index is 1.64. The number of para-hydroxylation sites is 3. The van der Waals surface area contributed by atoms with Gasteiger partial charge in [0.15, 0.2) is 11.5 Å². The highest BCUT2D eigenvalue weighted by Gasteiger charge is 2.39. The molecule has 0 unspecified atom stereocenters. The van der Waals surface area contributed by atoms with Crippen LogP contribution in [0.2, 0.25) is 0 Å². The van der Waals surface area contributed by atoms with Gasteiger partial charge in [-0.1, -0.05) is 24.3 Å². The van der Waals surface area contributed by atoms with Crippen LogP contribution in [-0.4, -0.2) is 36.1 Å². The lowest BCUT2D eigenvalue weighted by molar-refractivity contribution is -0.140. The van der Waals surface area contributed by atoms with E-state index in [1.54, 1.807) is 41.3 Å². The number of hydrogen-bond donors (Lipinski definition) is 0. The van der Waals surface area contributed by atoms with Crippen molar-refractivity contribution in [3.63, 3.8) is 0 Å². The van der Waals surface area contributed by atoms with Crippen molar-refractivity contribution in [2.24, 2.45) is 0 Å². The molecule has 0 aliphatic carbocycles. The first-order valence-electron chi connectivity index (χ1n) is 8.52. The molecule has 0 N–H and O–H groups in total. The molecule has 8 heteroatoms. The average Bonchev–Trinajstić information content (AvgIpc) is 2.67. The van der Waals surface area contributed by atoms with Crippen LogP contribution in [0.4, 0.5) is 29.1 Å². The molecule has 0 bridgehead atoms. The summed E-state index contributed by atoms with van der Waals surface area (Å²) >= 11 is 0. The van der Waals surface area contributed by atoms with Crippen LogP contribution in [0.1, 0.15) is 5.69 Å². The molecular formula is C19H16F4N4. The zero-order valence-corrected chi connectivity index (χ0v) is 14.2. The number of halogens is 4. The molecule has 3 aromatic rings. The van der Waals surface area contributed by atoms with Gasteiger partial charge in [-0.25, -0.2) is 14.4 Å². The molecule has 0 amide bonds. The number of rotatable bonds is 2. The summed E-state index contributed by atoms with van der Waals surface area (Å²) in [6.45, 7) is 1.38. The monoisotopic (exact) mass is 376 g/mol. The molecule has 4 rings (SSSR count). The second kappa shape index (κ2) is 6.68. The lowest BCUT2D eigenvalue weighted by Crippen LogP contribution is -2.47. The Kier molecular flexibility index (Phi) is 4.33. The van der Waals surface area contributed by atoms with Crippen molar-refractivity contribution in [3.05, 3.63) is 60.0 Å². The minimum absolute atomic E-state index is 0.172. The first-order valence-corrected chi connectivity index (χ1v) is 8.52. The van der Waals surface area contributed by atoms with Crippen LogP contribution < -0.4 is 9.80 Å². The Morgan fingerprint density at radius 2 is 1.30 bits per heavy atom. The van der Waals surface area contributed by atoms with E-state index in [1.165, 1.54) is 12.1 Å². The first kappa shape index (κ1) is 17.5. The summed E-state index contributed by atoms with van der Waals surface area (Å²) < 4.78 is 54.6. The summed E-state index contributed by atoms with van der Waals surface area (Å²) in [6, 6.07) is 12.9. The lowest BCUT2D eigenvalue weighted by Gasteiger charge is -2.37.